The van der Waals surface area contributed by atoms with Crippen LogP contribution in [-0.2, 0) is 11.3 Å². The number of halogens is 1. The molecule has 144 valence electrons. The van der Waals surface area contributed by atoms with E-state index in [1.165, 1.54) is 12.1 Å². The summed E-state index contributed by atoms with van der Waals surface area (Å²) in [4.78, 5) is 16.7. The molecule has 0 aromatic heterocycles. The molecule has 1 atom stereocenters. The van der Waals surface area contributed by atoms with E-state index >= 15 is 0 Å². The van der Waals surface area contributed by atoms with Gasteiger partial charge >= 0.3 is 0 Å². The van der Waals surface area contributed by atoms with Gasteiger partial charge < -0.3 is 15.0 Å². The van der Waals surface area contributed by atoms with Gasteiger partial charge in [-0.1, -0.05) is 30.3 Å². The topological polar surface area (TPSA) is 44.8 Å². The highest BCUT2D eigenvalue weighted by molar-refractivity contribution is 5.83. The number of nitrogens with one attached hydrogen (secondary N) is 1. The Morgan fingerprint density at radius 1 is 1.22 bits per heavy atom. The molecule has 5 nitrogen and oxygen atoms in total. The van der Waals surface area contributed by atoms with E-state index < -0.39 is 6.04 Å². The Morgan fingerprint density at radius 2 is 2.04 bits per heavy atom. The third-order valence-electron chi connectivity index (χ3n) is 4.62. The van der Waals surface area contributed by atoms with Gasteiger partial charge in [0.05, 0.1) is 0 Å². The van der Waals surface area contributed by atoms with E-state index in [2.05, 4.69) is 15.1 Å². The first-order chi connectivity index (χ1) is 13.0. The lowest BCUT2D eigenvalue weighted by Gasteiger charge is -2.35. The van der Waals surface area contributed by atoms with Crippen LogP contribution in [0.5, 0.6) is 5.75 Å². The van der Waals surface area contributed by atoms with E-state index in [1.807, 2.05) is 38.4 Å². The lowest BCUT2D eigenvalue weighted by atomic mass is 10.0. The van der Waals surface area contributed by atoms with E-state index in [4.69, 9.17) is 4.74 Å². The van der Waals surface area contributed by atoms with Crippen LogP contribution in [0.2, 0.25) is 0 Å². The number of hydrogen-bond donors (Lipinski definition) is 1. The normalized spacial score (nSPS) is 17.8. The zero-order valence-corrected chi connectivity index (χ0v) is 15.8. The molecule has 1 saturated heterocycles. The molecule has 1 aliphatic heterocycles. The molecule has 6 heteroatoms. The highest BCUT2D eigenvalue weighted by Crippen LogP contribution is 2.28. The lowest BCUT2D eigenvalue weighted by molar-refractivity contribution is -0.129. The average Bonchev–Trinajstić information content (AvgIpc) is 2.63. The van der Waals surface area contributed by atoms with E-state index in [9.17, 15) is 9.18 Å². The van der Waals surface area contributed by atoms with Crippen molar-refractivity contribution in [2.24, 2.45) is 0 Å². The van der Waals surface area contributed by atoms with E-state index in [0.717, 1.165) is 17.9 Å². The maximum atomic E-state index is 13.7. The molecular weight excluding hydrogens is 345 g/mol. The van der Waals surface area contributed by atoms with Crippen molar-refractivity contribution in [3.63, 3.8) is 0 Å². The largest absolute Gasteiger partial charge is 0.492 e. The lowest BCUT2D eigenvalue weighted by Crippen LogP contribution is -2.49. The molecule has 1 aliphatic rings. The van der Waals surface area contributed by atoms with Crippen LogP contribution < -0.4 is 10.1 Å². The fraction of sp³-hybridized carbons (Fsp3) is 0.381. The summed E-state index contributed by atoms with van der Waals surface area (Å²) in [5.74, 6) is 0.388. The maximum Gasteiger partial charge on any atom is 0.242 e. The first-order valence-electron chi connectivity index (χ1n) is 9.17. The fourth-order valence-corrected chi connectivity index (χ4v) is 3.26. The van der Waals surface area contributed by atoms with Crippen molar-refractivity contribution in [3.05, 3.63) is 65.5 Å². The maximum absolute atomic E-state index is 13.7. The molecular formula is C21H26FN3O2. The van der Waals surface area contributed by atoms with Crippen LogP contribution in [0.1, 0.15) is 17.2 Å². The quantitative estimate of drug-likeness (QED) is 0.812. The minimum absolute atomic E-state index is 0.0992. The van der Waals surface area contributed by atoms with Crippen LogP contribution in [0.4, 0.5) is 4.39 Å². The number of piperazine rings is 1. The number of nitrogens with zero attached hydrogens (tertiary/aromatic N) is 2. The molecule has 3 rings (SSSR count). The molecule has 1 fully saturated rings. The standard InChI is InChI=1S/C21H26FN3O2/c1-24(2)12-13-27-19-9-4-3-6-17(19)15-25-11-10-23-21(26)20(25)16-7-5-8-18(22)14-16/h3-9,14,20H,10-13,15H2,1-2H3,(H,23,26)/t20-/m1/s1. The summed E-state index contributed by atoms with van der Waals surface area (Å²) in [7, 11) is 4.01. The molecule has 1 N–H and O–H groups in total. The van der Waals surface area contributed by atoms with Crippen LogP contribution in [0.25, 0.3) is 0 Å². The third-order valence-corrected chi connectivity index (χ3v) is 4.62. The molecule has 0 bridgehead atoms. The third kappa shape index (κ3) is 5.05. The summed E-state index contributed by atoms with van der Waals surface area (Å²) in [6.07, 6.45) is 0. The SMILES string of the molecule is CN(C)CCOc1ccccc1CN1CCNC(=O)[C@H]1c1cccc(F)c1. The van der Waals surface area contributed by atoms with Crippen LogP contribution in [-0.4, -0.2) is 56.0 Å². The molecule has 0 spiro atoms. The van der Waals surface area contributed by atoms with Gasteiger partial charge in [0.15, 0.2) is 0 Å². The van der Waals surface area contributed by atoms with Gasteiger partial charge in [0.25, 0.3) is 0 Å². The van der Waals surface area contributed by atoms with Crippen LogP contribution in [0, 0.1) is 5.82 Å². The van der Waals surface area contributed by atoms with Crippen LogP contribution in [0.15, 0.2) is 48.5 Å². The van der Waals surface area contributed by atoms with Crippen LogP contribution in [0.3, 0.4) is 0 Å². The van der Waals surface area contributed by atoms with Gasteiger partial charge in [-0.2, -0.15) is 0 Å². The molecule has 0 aliphatic carbocycles. The second kappa shape index (κ2) is 8.97. The van der Waals surface area contributed by atoms with E-state index in [-0.39, 0.29) is 11.7 Å². The zero-order chi connectivity index (χ0) is 19.2. The first kappa shape index (κ1) is 19.3. The Labute approximate surface area is 159 Å². The number of hydrogen-bond acceptors (Lipinski definition) is 4. The summed E-state index contributed by atoms with van der Waals surface area (Å²) in [5, 5.41) is 2.89. The molecule has 0 radical (unpaired) electrons. The van der Waals surface area contributed by atoms with Crippen molar-refractivity contribution >= 4 is 5.91 Å². The number of amides is 1. The molecule has 0 saturated carbocycles. The Balaban J connectivity index is 1.79. The number of carbonyl (C=O) groups excluding carboxylic acids is 1. The van der Waals surface area contributed by atoms with Crippen molar-refractivity contribution in [2.45, 2.75) is 12.6 Å². The highest BCUT2D eigenvalue weighted by atomic mass is 19.1. The van der Waals surface area contributed by atoms with Gasteiger partial charge in [0.2, 0.25) is 5.91 Å². The molecule has 2 aromatic carbocycles. The number of ether oxygens (including phenoxy) is 1. The van der Waals surface area contributed by atoms with Gasteiger partial charge in [-0.25, -0.2) is 4.39 Å². The minimum Gasteiger partial charge on any atom is -0.492 e. The number of carbonyl (C=O) groups is 1. The van der Waals surface area contributed by atoms with Crippen molar-refractivity contribution in [2.75, 3.05) is 40.3 Å². The summed E-state index contributed by atoms with van der Waals surface area (Å²) < 4.78 is 19.6. The highest BCUT2D eigenvalue weighted by Gasteiger charge is 2.31. The van der Waals surface area contributed by atoms with Crippen LogP contribution >= 0.6 is 0 Å². The Bertz CT molecular complexity index is 782. The van der Waals surface area contributed by atoms with Gasteiger partial charge in [-0.05, 0) is 37.9 Å². The predicted molar refractivity (Wildman–Crippen MR) is 103 cm³/mol. The number of rotatable bonds is 7. The summed E-state index contributed by atoms with van der Waals surface area (Å²) in [5.41, 5.74) is 1.69. The Morgan fingerprint density at radius 3 is 2.81 bits per heavy atom. The molecule has 1 heterocycles. The van der Waals surface area contributed by atoms with Gasteiger partial charge in [-0.3, -0.25) is 9.69 Å². The number of likely N-dealkylation sites (N-methyl/N-ethyl adjacent to an activating group) is 1. The summed E-state index contributed by atoms with van der Waals surface area (Å²) in [6.45, 7) is 3.25. The Kier molecular flexibility index (Phi) is 6.42. The van der Waals surface area contributed by atoms with Crippen molar-refractivity contribution < 1.29 is 13.9 Å². The van der Waals surface area contributed by atoms with E-state index in [1.54, 1.807) is 12.1 Å². The molecule has 27 heavy (non-hydrogen) atoms. The fourth-order valence-electron chi connectivity index (χ4n) is 3.26. The number of para-hydroxylation sites is 1. The smallest absolute Gasteiger partial charge is 0.242 e. The Hall–Kier alpha value is -2.44. The first-order valence-corrected chi connectivity index (χ1v) is 9.17. The van der Waals surface area contributed by atoms with Gasteiger partial charge in [-0.15, -0.1) is 0 Å². The van der Waals surface area contributed by atoms with Crippen molar-refractivity contribution in [1.29, 1.82) is 0 Å². The minimum atomic E-state index is -0.510. The summed E-state index contributed by atoms with van der Waals surface area (Å²) >= 11 is 0. The van der Waals surface area contributed by atoms with Gasteiger partial charge in [0, 0.05) is 31.7 Å². The second-order valence-corrected chi connectivity index (χ2v) is 6.98. The monoisotopic (exact) mass is 371 g/mol. The van der Waals surface area contributed by atoms with Crippen molar-refractivity contribution in [1.82, 2.24) is 15.1 Å². The predicted octanol–water partition coefficient (Wildman–Crippen LogP) is 2.44. The zero-order valence-electron chi connectivity index (χ0n) is 15.8. The molecule has 0 unspecified atom stereocenters. The molecule has 2 aromatic rings. The second-order valence-electron chi connectivity index (χ2n) is 6.98. The van der Waals surface area contributed by atoms with Gasteiger partial charge in [0.1, 0.15) is 24.2 Å². The van der Waals surface area contributed by atoms with E-state index in [0.29, 0.717) is 31.8 Å². The summed E-state index contributed by atoms with van der Waals surface area (Å²) in [6, 6.07) is 13.6. The average molecular weight is 371 g/mol. The number of benzene rings is 2. The van der Waals surface area contributed by atoms with Crippen molar-refractivity contribution in [3.8, 4) is 5.75 Å². The molecule has 1 amide bonds.